The van der Waals surface area contributed by atoms with E-state index in [9.17, 15) is 43.9 Å². The molecule has 1 aromatic heterocycles. The number of nitrogens with zero attached hydrogens (tertiary/aromatic N) is 2. The first kappa shape index (κ1) is 18.0. The Morgan fingerprint density at radius 2 is 1.27 bits per heavy atom. The van der Waals surface area contributed by atoms with Gasteiger partial charge in [0.1, 0.15) is 5.69 Å². The first-order chi connectivity index (χ1) is 9.71. The number of rotatable bonds is 1. The van der Waals surface area contributed by atoms with Gasteiger partial charge in [-0.15, -0.1) is 0 Å². The van der Waals surface area contributed by atoms with Gasteiger partial charge in [-0.1, -0.05) is 0 Å². The van der Waals surface area contributed by atoms with Gasteiger partial charge >= 0.3 is 18.5 Å². The van der Waals surface area contributed by atoms with E-state index in [1.165, 1.54) is 0 Å². The zero-order valence-corrected chi connectivity index (χ0v) is 9.88. The Hall–Kier alpha value is -2.06. The van der Waals surface area contributed by atoms with Gasteiger partial charge < -0.3 is 0 Å². The number of hydrogen-bond donors (Lipinski definition) is 0. The van der Waals surface area contributed by atoms with Gasteiger partial charge in [0.25, 0.3) is 0 Å². The van der Waals surface area contributed by atoms with Crippen molar-refractivity contribution < 1.29 is 43.9 Å². The summed E-state index contributed by atoms with van der Waals surface area (Å²) in [5.41, 5.74) is -10.3. The van der Waals surface area contributed by atoms with E-state index in [1.54, 1.807) is 0 Å². The van der Waals surface area contributed by atoms with Gasteiger partial charge in [0.05, 0.1) is 18.1 Å². The number of aromatic nitrogens is 1. The van der Waals surface area contributed by atoms with Crippen molar-refractivity contribution in [2.24, 2.45) is 0 Å². The molecule has 12 heteroatoms. The lowest BCUT2D eigenvalue weighted by atomic mass is 10.00. The van der Waals surface area contributed by atoms with Crippen molar-refractivity contribution in [3.63, 3.8) is 0 Å². The van der Waals surface area contributed by atoms with Crippen molar-refractivity contribution in [1.82, 2.24) is 4.98 Å². The fourth-order valence-corrected chi connectivity index (χ4v) is 1.57. The molecule has 0 amide bonds. The van der Waals surface area contributed by atoms with Crippen LogP contribution in [0.3, 0.4) is 0 Å². The Kier molecular flexibility index (Phi) is 4.33. The summed E-state index contributed by atoms with van der Waals surface area (Å²) < 4.78 is 126. The SMILES string of the molecule is N#CCc1c(C(F)(F)F)nc(C(F)(F)F)c(F)c1C(F)(F)F. The van der Waals surface area contributed by atoms with E-state index in [0.29, 0.717) is 0 Å². The normalized spacial score (nSPS) is 13.1. The van der Waals surface area contributed by atoms with Crippen LogP contribution < -0.4 is 0 Å². The van der Waals surface area contributed by atoms with E-state index in [2.05, 4.69) is 0 Å². The molecule has 22 heavy (non-hydrogen) atoms. The molecule has 0 saturated heterocycles. The van der Waals surface area contributed by atoms with Crippen LogP contribution in [0.15, 0.2) is 0 Å². The maximum absolute atomic E-state index is 13.4. The third-order valence-corrected chi connectivity index (χ3v) is 2.31. The summed E-state index contributed by atoms with van der Waals surface area (Å²) in [6.45, 7) is 0. The molecule has 0 N–H and O–H groups in total. The zero-order valence-electron chi connectivity index (χ0n) is 9.88. The van der Waals surface area contributed by atoms with E-state index < -0.39 is 53.3 Å². The molecule has 1 rings (SSSR count). The van der Waals surface area contributed by atoms with Crippen LogP contribution in [-0.4, -0.2) is 4.98 Å². The van der Waals surface area contributed by atoms with Crippen LogP contribution in [0, 0.1) is 17.1 Å². The van der Waals surface area contributed by atoms with Crippen molar-refractivity contribution in [2.45, 2.75) is 24.9 Å². The van der Waals surface area contributed by atoms with E-state index >= 15 is 0 Å². The Labute approximate surface area is 115 Å². The highest BCUT2D eigenvalue weighted by molar-refractivity contribution is 5.40. The molecule has 2 nitrogen and oxygen atoms in total. The summed E-state index contributed by atoms with van der Waals surface area (Å²) in [6, 6.07) is 0.906. The Balaban J connectivity index is 3.98. The molecule has 0 fully saturated rings. The predicted molar refractivity (Wildman–Crippen MR) is 48.5 cm³/mol. The van der Waals surface area contributed by atoms with Gasteiger partial charge in [-0.3, -0.25) is 0 Å². The van der Waals surface area contributed by atoms with Crippen LogP contribution in [0.5, 0.6) is 0 Å². The summed E-state index contributed by atoms with van der Waals surface area (Å²) in [7, 11) is 0. The van der Waals surface area contributed by atoms with Gasteiger partial charge in [-0.05, 0) is 0 Å². The smallest absolute Gasteiger partial charge is 0.236 e. The molecule has 0 aliphatic rings. The molecule has 0 spiro atoms. The first-order valence-electron chi connectivity index (χ1n) is 5.02. The Morgan fingerprint density at radius 3 is 1.59 bits per heavy atom. The number of halogens is 10. The average Bonchev–Trinajstić information content (AvgIpc) is 2.23. The van der Waals surface area contributed by atoms with Crippen LogP contribution in [0.25, 0.3) is 0 Å². The van der Waals surface area contributed by atoms with Crippen molar-refractivity contribution in [2.75, 3.05) is 0 Å². The van der Waals surface area contributed by atoms with Gasteiger partial charge in [0.15, 0.2) is 11.5 Å². The van der Waals surface area contributed by atoms with Crippen LogP contribution in [0.2, 0.25) is 0 Å². The topological polar surface area (TPSA) is 36.7 Å². The van der Waals surface area contributed by atoms with Crippen LogP contribution >= 0.6 is 0 Å². The lowest BCUT2D eigenvalue weighted by molar-refractivity contribution is -0.158. The standard InChI is InChI=1S/C10H2F10N2/c11-5-4(8(12,13)14)3(1-2-21)6(9(15,16)17)22-7(5)10(18,19)20/h1H2. The molecule has 0 saturated carbocycles. The second-order valence-corrected chi connectivity index (χ2v) is 3.80. The van der Waals surface area contributed by atoms with Gasteiger partial charge in [0, 0.05) is 5.56 Å². The molecular weight excluding hydrogens is 338 g/mol. The molecule has 0 aliphatic heterocycles. The maximum Gasteiger partial charge on any atom is 0.436 e. The van der Waals surface area contributed by atoms with Crippen molar-refractivity contribution in [3.05, 3.63) is 28.3 Å². The van der Waals surface area contributed by atoms with Crippen LogP contribution in [0.4, 0.5) is 43.9 Å². The average molecular weight is 340 g/mol. The molecule has 0 radical (unpaired) electrons. The third-order valence-electron chi connectivity index (χ3n) is 2.31. The number of alkyl halides is 9. The van der Waals surface area contributed by atoms with Crippen LogP contribution in [0.1, 0.15) is 22.5 Å². The zero-order chi connectivity index (χ0) is 17.5. The summed E-state index contributed by atoms with van der Waals surface area (Å²) in [6.07, 6.45) is -19.1. The summed E-state index contributed by atoms with van der Waals surface area (Å²) in [5.74, 6) is -3.00. The van der Waals surface area contributed by atoms with Crippen LogP contribution in [-0.2, 0) is 24.9 Å². The van der Waals surface area contributed by atoms with E-state index in [4.69, 9.17) is 5.26 Å². The molecule has 0 aliphatic carbocycles. The lowest BCUT2D eigenvalue weighted by Crippen LogP contribution is -2.25. The van der Waals surface area contributed by atoms with Gasteiger partial charge in [-0.25, -0.2) is 9.37 Å². The van der Waals surface area contributed by atoms with E-state index in [0.717, 1.165) is 6.07 Å². The minimum atomic E-state index is -5.88. The Bertz CT molecular complexity index is 617. The summed E-state index contributed by atoms with van der Waals surface area (Å²) in [4.78, 5) is 1.93. The molecule has 0 bridgehead atoms. The quantitative estimate of drug-likeness (QED) is 0.713. The number of nitriles is 1. The second kappa shape index (κ2) is 5.29. The summed E-state index contributed by atoms with van der Waals surface area (Å²) in [5, 5.41) is 8.26. The highest BCUT2D eigenvalue weighted by atomic mass is 19.4. The minimum absolute atomic E-state index is 0.906. The molecule has 1 aromatic rings. The predicted octanol–water partition coefficient (Wildman–Crippen LogP) is 4.34. The van der Waals surface area contributed by atoms with Gasteiger partial charge in [-0.2, -0.15) is 44.8 Å². The monoisotopic (exact) mass is 340 g/mol. The van der Waals surface area contributed by atoms with Gasteiger partial charge in [0.2, 0.25) is 0 Å². The molecule has 0 unspecified atom stereocenters. The van der Waals surface area contributed by atoms with Crippen molar-refractivity contribution in [3.8, 4) is 6.07 Å². The largest absolute Gasteiger partial charge is 0.436 e. The summed E-state index contributed by atoms with van der Waals surface area (Å²) >= 11 is 0. The fraction of sp³-hybridized carbons (Fsp3) is 0.400. The van der Waals surface area contributed by atoms with E-state index in [-0.39, 0.29) is 0 Å². The number of pyridine rings is 1. The molecular formula is C10H2F10N2. The van der Waals surface area contributed by atoms with Crippen molar-refractivity contribution in [1.29, 1.82) is 5.26 Å². The minimum Gasteiger partial charge on any atom is -0.236 e. The highest BCUT2D eigenvalue weighted by Gasteiger charge is 2.49. The molecule has 0 aromatic carbocycles. The first-order valence-corrected chi connectivity index (χ1v) is 5.02. The second-order valence-electron chi connectivity index (χ2n) is 3.80. The van der Waals surface area contributed by atoms with Crippen molar-refractivity contribution >= 4 is 0 Å². The number of hydrogen-bond acceptors (Lipinski definition) is 2. The fourth-order valence-electron chi connectivity index (χ4n) is 1.57. The molecule has 122 valence electrons. The maximum atomic E-state index is 13.4. The lowest BCUT2D eigenvalue weighted by Gasteiger charge is -2.20. The Morgan fingerprint density at radius 1 is 0.818 bits per heavy atom. The highest BCUT2D eigenvalue weighted by Crippen LogP contribution is 2.43. The van der Waals surface area contributed by atoms with E-state index in [1.807, 2.05) is 4.98 Å². The molecule has 0 atom stereocenters. The molecule has 1 heterocycles. The third kappa shape index (κ3) is 3.40.